The SMILES string of the molecule is CC1CN(Cc2ccc(F)cc2Br)CCN1.Cl. The second kappa shape index (κ2) is 6.69. The molecule has 1 aliphatic heterocycles. The maximum Gasteiger partial charge on any atom is 0.124 e. The molecule has 1 heterocycles. The first-order chi connectivity index (χ1) is 7.65. The molecule has 0 aromatic heterocycles. The highest BCUT2D eigenvalue weighted by atomic mass is 79.9. The molecular formula is C12H17BrClFN2. The molecule has 17 heavy (non-hydrogen) atoms. The lowest BCUT2D eigenvalue weighted by molar-refractivity contribution is 0.199. The third kappa shape index (κ3) is 4.21. The lowest BCUT2D eigenvalue weighted by Crippen LogP contribution is -2.48. The third-order valence-electron chi connectivity index (χ3n) is 2.86. The van der Waals surface area contributed by atoms with Crippen LogP contribution in [0.5, 0.6) is 0 Å². The van der Waals surface area contributed by atoms with Gasteiger partial charge in [0.05, 0.1) is 0 Å². The van der Waals surface area contributed by atoms with Gasteiger partial charge in [-0.15, -0.1) is 12.4 Å². The van der Waals surface area contributed by atoms with Crippen molar-refractivity contribution in [1.29, 1.82) is 0 Å². The number of nitrogens with zero attached hydrogens (tertiary/aromatic N) is 1. The zero-order valence-electron chi connectivity index (χ0n) is 9.75. The maximum atomic E-state index is 12.9. The molecule has 1 aromatic carbocycles. The van der Waals surface area contributed by atoms with Crippen molar-refractivity contribution in [2.45, 2.75) is 19.5 Å². The first-order valence-corrected chi connectivity index (χ1v) is 6.34. The molecule has 2 rings (SSSR count). The van der Waals surface area contributed by atoms with Gasteiger partial charge in [-0.05, 0) is 24.6 Å². The van der Waals surface area contributed by atoms with Crippen LogP contribution in [0, 0.1) is 5.82 Å². The maximum absolute atomic E-state index is 12.9. The van der Waals surface area contributed by atoms with Crippen LogP contribution < -0.4 is 5.32 Å². The minimum Gasteiger partial charge on any atom is -0.312 e. The summed E-state index contributed by atoms with van der Waals surface area (Å²) < 4.78 is 13.8. The predicted molar refractivity (Wildman–Crippen MR) is 74.1 cm³/mol. The summed E-state index contributed by atoms with van der Waals surface area (Å²) in [5, 5.41) is 3.41. The summed E-state index contributed by atoms with van der Waals surface area (Å²) in [5.41, 5.74) is 1.15. The van der Waals surface area contributed by atoms with Crippen LogP contribution in [0.15, 0.2) is 22.7 Å². The number of nitrogens with one attached hydrogen (secondary N) is 1. The highest BCUT2D eigenvalue weighted by Crippen LogP contribution is 2.20. The summed E-state index contributed by atoms with van der Waals surface area (Å²) in [7, 11) is 0. The summed E-state index contributed by atoms with van der Waals surface area (Å²) >= 11 is 3.41. The highest BCUT2D eigenvalue weighted by Gasteiger charge is 2.16. The summed E-state index contributed by atoms with van der Waals surface area (Å²) in [6.07, 6.45) is 0. The Morgan fingerprint density at radius 3 is 2.94 bits per heavy atom. The lowest BCUT2D eigenvalue weighted by atomic mass is 10.1. The number of hydrogen-bond acceptors (Lipinski definition) is 2. The molecule has 1 N–H and O–H groups in total. The molecule has 2 nitrogen and oxygen atoms in total. The van der Waals surface area contributed by atoms with E-state index in [9.17, 15) is 4.39 Å². The van der Waals surface area contributed by atoms with Gasteiger partial charge < -0.3 is 5.32 Å². The molecule has 0 saturated carbocycles. The van der Waals surface area contributed by atoms with Crippen molar-refractivity contribution in [3.63, 3.8) is 0 Å². The fourth-order valence-electron chi connectivity index (χ4n) is 2.05. The van der Waals surface area contributed by atoms with Gasteiger partial charge in [0.2, 0.25) is 0 Å². The average Bonchev–Trinajstić information content (AvgIpc) is 2.22. The van der Waals surface area contributed by atoms with Gasteiger partial charge in [-0.3, -0.25) is 4.90 Å². The summed E-state index contributed by atoms with van der Waals surface area (Å²) in [6.45, 7) is 6.19. The van der Waals surface area contributed by atoms with Gasteiger partial charge in [0.1, 0.15) is 5.82 Å². The normalized spacial score (nSPS) is 21.0. The Balaban J connectivity index is 0.00000144. The van der Waals surface area contributed by atoms with Crippen molar-refractivity contribution >= 4 is 28.3 Å². The number of rotatable bonds is 2. The number of hydrogen-bond donors (Lipinski definition) is 1. The smallest absolute Gasteiger partial charge is 0.124 e. The third-order valence-corrected chi connectivity index (χ3v) is 3.60. The van der Waals surface area contributed by atoms with Crippen molar-refractivity contribution in [2.24, 2.45) is 0 Å². The highest BCUT2D eigenvalue weighted by molar-refractivity contribution is 9.10. The second-order valence-electron chi connectivity index (χ2n) is 4.33. The van der Waals surface area contributed by atoms with Crippen LogP contribution in [0.4, 0.5) is 4.39 Å². The Kier molecular flexibility index (Phi) is 5.86. The summed E-state index contributed by atoms with van der Waals surface area (Å²) in [6, 6.07) is 5.44. The van der Waals surface area contributed by atoms with E-state index in [1.807, 2.05) is 6.07 Å². The zero-order chi connectivity index (χ0) is 11.5. The van der Waals surface area contributed by atoms with Gasteiger partial charge in [-0.1, -0.05) is 22.0 Å². The Morgan fingerprint density at radius 2 is 2.29 bits per heavy atom. The standard InChI is InChI=1S/C12H16BrFN2.ClH/c1-9-7-16(5-4-15-9)8-10-2-3-11(14)6-12(10)13;/h2-3,6,9,15H,4-5,7-8H2,1H3;1H. The molecule has 1 atom stereocenters. The van der Waals surface area contributed by atoms with Crippen LogP contribution in [-0.2, 0) is 6.54 Å². The Morgan fingerprint density at radius 1 is 1.53 bits per heavy atom. The Labute approximate surface area is 116 Å². The van der Waals surface area contributed by atoms with E-state index in [4.69, 9.17) is 0 Å². The Bertz CT molecular complexity index is 376. The van der Waals surface area contributed by atoms with E-state index in [0.717, 1.165) is 36.2 Å². The minimum absolute atomic E-state index is 0. The van der Waals surface area contributed by atoms with E-state index >= 15 is 0 Å². The van der Waals surface area contributed by atoms with E-state index in [1.54, 1.807) is 0 Å². The van der Waals surface area contributed by atoms with Gasteiger partial charge in [0, 0.05) is 36.7 Å². The minimum atomic E-state index is -0.190. The van der Waals surface area contributed by atoms with Crippen LogP contribution >= 0.6 is 28.3 Å². The summed E-state index contributed by atoms with van der Waals surface area (Å²) in [5.74, 6) is -0.190. The van der Waals surface area contributed by atoms with E-state index in [1.165, 1.54) is 12.1 Å². The van der Waals surface area contributed by atoms with Crippen molar-refractivity contribution in [3.05, 3.63) is 34.1 Å². The van der Waals surface area contributed by atoms with Crippen molar-refractivity contribution in [2.75, 3.05) is 19.6 Å². The van der Waals surface area contributed by atoms with E-state index in [2.05, 4.69) is 33.1 Å². The van der Waals surface area contributed by atoms with Crippen molar-refractivity contribution < 1.29 is 4.39 Å². The first kappa shape index (κ1) is 14.9. The Hall–Kier alpha value is -0.160. The molecule has 5 heteroatoms. The van der Waals surface area contributed by atoms with Gasteiger partial charge >= 0.3 is 0 Å². The van der Waals surface area contributed by atoms with Gasteiger partial charge in [-0.25, -0.2) is 4.39 Å². The molecular weight excluding hydrogens is 307 g/mol. The van der Waals surface area contributed by atoms with Crippen molar-refractivity contribution in [3.8, 4) is 0 Å². The summed E-state index contributed by atoms with van der Waals surface area (Å²) in [4.78, 5) is 2.39. The van der Waals surface area contributed by atoms with Crippen LogP contribution in [-0.4, -0.2) is 30.6 Å². The van der Waals surface area contributed by atoms with Crippen LogP contribution in [0.1, 0.15) is 12.5 Å². The van der Waals surface area contributed by atoms with Crippen LogP contribution in [0.25, 0.3) is 0 Å². The predicted octanol–water partition coefficient (Wildman–Crippen LogP) is 2.80. The number of piperazine rings is 1. The van der Waals surface area contributed by atoms with E-state index in [0.29, 0.717) is 6.04 Å². The topological polar surface area (TPSA) is 15.3 Å². The molecule has 0 spiro atoms. The monoisotopic (exact) mass is 322 g/mol. The average molecular weight is 324 g/mol. The molecule has 1 unspecified atom stereocenters. The molecule has 1 saturated heterocycles. The number of benzene rings is 1. The van der Waals surface area contributed by atoms with Crippen LogP contribution in [0.3, 0.4) is 0 Å². The molecule has 0 aliphatic carbocycles. The van der Waals surface area contributed by atoms with E-state index < -0.39 is 0 Å². The molecule has 96 valence electrons. The quantitative estimate of drug-likeness (QED) is 0.900. The van der Waals surface area contributed by atoms with Gasteiger partial charge in [-0.2, -0.15) is 0 Å². The van der Waals surface area contributed by atoms with Crippen LogP contribution in [0.2, 0.25) is 0 Å². The largest absolute Gasteiger partial charge is 0.312 e. The second-order valence-corrected chi connectivity index (χ2v) is 5.18. The lowest BCUT2D eigenvalue weighted by Gasteiger charge is -2.32. The fourth-order valence-corrected chi connectivity index (χ4v) is 2.52. The molecule has 1 aliphatic rings. The van der Waals surface area contributed by atoms with E-state index in [-0.39, 0.29) is 18.2 Å². The first-order valence-electron chi connectivity index (χ1n) is 5.55. The van der Waals surface area contributed by atoms with Crippen molar-refractivity contribution in [1.82, 2.24) is 10.2 Å². The number of halogens is 3. The molecule has 0 bridgehead atoms. The zero-order valence-corrected chi connectivity index (χ0v) is 12.2. The molecule has 1 aromatic rings. The molecule has 0 radical (unpaired) electrons. The molecule has 1 fully saturated rings. The molecule has 0 amide bonds. The van der Waals surface area contributed by atoms with Gasteiger partial charge in [0.15, 0.2) is 0 Å². The van der Waals surface area contributed by atoms with Gasteiger partial charge in [0.25, 0.3) is 0 Å². The fraction of sp³-hybridized carbons (Fsp3) is 0.500.